The Labute approximate surface area is 240 Å². The summed E-state index contributed by atoms with van der Waals surface area (Å²) in [6, 6.07) is 15.0. The van der Waals surface area contributed by atoms with Crippen LogP contribution in [0, 0.1) is 17.3 Å². The maximum atomic E-state index is 12.6. The summed E-state index contributed by atoms with van der Waals surface area (Å²) in [5, 5.41) is 9.62. The van der Waals surface area contributed by atoms with Gasteiger partial charge in [-0.3, -0.25) is 4.39 Å². The Morgan fingerprint density at radius 2 is 1.79 bits per heavy atom. The number of hydrogen-bond donors (Lipinski definition) is 1. The number of carboxylic acid groups (broad SMARTS) is 1. The van der Waals surface area contributed by atoms with Crippen LogP contribution in [0.5, 0.6) is 0 Å². The van der Waals surface area contributed by atoms with Crippen molar-refractivity contribution in [1.82, 2.24) is 4.90 Å². The van der Waals surface area contributed by atoms with E-state index in [2.05, 4.69) is 49.1 Å². The van der Waals surface area contributed by atoms with E-state index in [0.29, 0.717) is 29.2 Å². The van der Waals surface area contributed by atoms with Gasteiger partial charge in [-0.1, -0.05) is 49.8 Å². The van der Waals surface area contributed by atoms with Crippen LogP contribution in [0.1, 0.15) is 97.8 Å². The van der Waals surface area contributed by atoms with Crippen LogP contribution in [0.15, 0.2) is 48.0 Å². The van der Waals surface area contributed by atoms with Crippen LogP contribution in [0.3, 0.4) is 0 Å². The number of likely N-dealkylation sites (tertiary alicyclic amines) is 1. The Kier molecular flexibility index (Phi) is 9.93. The first kappa shape index (κ1) is 29.8. The van der Waals surface area contributed by atoms with Crippen molar-refractivity contribution in [2.45, 2.75) is 78.1 Å². The summed E-state index contributed by atoms with van der Waals surface area (Å²) in [6.07, 6.45) is 11.0. The summed E-state index contributed by atoms with van der Waals surface area (Å²) in [6.45, 7) is 7.63. The van der Waals surface area contributed by atoms with Gasteiger partial charge < -0.3 is 10.0 Å². The molecule has 1 unspecified atom stereocenters. The molecule has 5 heteroatoms. The molecule has 3 nitrogen and oxygen atoms in total. The lowest BCUT2D eigenvalue weighted by Gasteiger charge is -2.36. The van der Waals surface area contributed by atoms with Gasteiger partial charge in [-0.2, -0.15) is 0 Å². The molecule has 0 bridgehead atoms. The molecule has 1 saturated carbocycles. The summed E-state index contributed by atoms with van der Waals surface area (Å²) >= 11 is 0. The summed E-state index contributed by atoms with van der Waals surface area (Å²) in [5.41, 5.74) is 8.84. The van der Waals surface area contributed by atoms with Crippen molar-refractivity contribution in [3.8, 4) is 0 Å². The number of aromatic carboxylic acids is 1. The highest BCUT2D eigenvalue weighted by Gasteiger charge is 2.32. The maximum Gasteiger partial charge on any atom is 0.335 e. The normalized spacial score (nSPS) is 21.8. The van der Waals surface area contributed by atoms with Gasteiger partial charge in [0.1, 0.15) is 0 Å². The highest BCUT2D eigenvalue weighted by Crippen LogP contribution is 2.46. The van der Waals surface area contributed by atoms with Gasteiger partial charge in [-0.05, 0) is 128 Å². The molecule has 2 fully saturated rings. The predicted octanol–water partition coefficient (Wildman–Crippen LogP) is 8.39. The number of carbonyl (C=O) groups is 1. The second-order valence-electron chi connectivity index (χ2n) is 12.8. The smallest absolute Gasteiger partial charge is 0.335 e. The van der Waals surface area contributed by atoms with Crippen LogP contribution in [0.2, 0.25) is 0 Å². The first-order valence-electron chi connectivity index (χ1n) is 14.8. The highest BCUT2D eigenvalue weighted by atomic mass is 35.5. The zero-order valence-electron chi connectivity index (χ0n) is 23.7. The van der Waals surface area contributed by atoms with Crippen LogP contribution in [-0.4, -0.2) is 42.3 Å². The lowest BCUT2D eigenvalue weighted by Crippen LogP contribution is -2.23. The van der Waals surface area contributed by atoms with Crippen LogP contribution >= 0.6 is 12.4 Å². The van der Waals surface area contributed by atoms with Crippen molar-refractivity contribution in [3.05, 3.63) is 75.9 Å². The number of hydrogen-bond acceptors (Lipinski definition) is 2. The molecule has 0 aromatic heterocycles. The number of carboxylic acids is 1. The lowest BCUT2D eigenvalue weighted by molar-refractivity contribution is 0.0696. The molecule has 2 aliphatic carbocycles. The van der Waals surface area contributed by atoms with Gasteiger partial charge in [0.15, 0.2) is 0 Å². The Morgan fingerprint density at radius 3 is 2.49 bits per heavy atom. The molecule has 1 N–H and O–H groups in total. The van der Waals surface area contributed by atoms with E-state index in [4.69, 9.17) is 0 Å². The van der Waals surface area contributed by atoms with Crippen LogP contribution in [0.4, 0.5) is 4.39 Å². The van der Waals surface area contributed by atoms with E-state index < -0.39 is 5.97 Å². The molecule has 1 heterocycles. The molecule has 2 aromatic carbocycles. The molecule has 1 aliphatic heterocycles. The first-order chi connectivity index (χ1) is 18.3. The molecular weight excluding hydrogens is 509 g/mol. The number of nitrogens with zero attached hydrogens (tertiary/aromatic N) is 1. The summed E-state index contributed by atoms with van der Waals surface area (Å²) in [4.78, 5) is 14.1. The summed E-state index contributed by atoms with van der Waals surface area (Å²) in [5.74, 6) is 0.405. The van der Waals surface area contributed by atoms with Crippen molar-refractivity contribution < 1.29 is 14.3 Å². The minimum absolute atomic E-state index is 0. The zero-order valence-corrected chi connectivity index (χ0v) is 24.5. The number of halogens is 2. The third-order valence-electron chi connectivity index (χ3n) is 9.41. The molecule has 0 spiro atoms. The van der Waals surface area contributed by atoms with Crippen LogP contribution in [-0.2, 0) is 12.8 Å². The third kappa shape index (κ3) is 7.13. The van der Waals surface area contributed by atoms with Gasteiger partial charge in [-0.25, -0.2) is 4.79 Å². The minimum atomic E-state index is -0.850. The molecule has 5 rings (SSSR count). The van der Waals surface area contributed by atoms with Gasteiger partial charge in [0.05, 0.1) is 12.2 Å². The Hall–Kier alpha value is -2.17. The van der Waals surface area contributed by atoms with Crippen molar-refractivity contribution >= 4 is 23.9 Å². The molecule has 3 aliphatic rings. The van der Waals surface area contributed by atoms with Gasteiger partial charge in [0, 0.05) is 13.1 Å². The van der Waals surface area contributed by atoms with Gasteiger partial charge >= 0.3 is 5.97 Å². The third-order valence-corrected chi connectivity index (χ3v) is 9.41. The lowest BCUT2D eigenvalue weighted by atomic mass is 9.69. The van der Waals surface area contributed by atoms with E-state index in [1.807, 2.05) is 6.07 Å². The average Bonchev–Trinajstić information content (AvgIpc) is 3.26. The quantitative estimate of drug-likeness (QED) is 0.357. The SMILES string of the molecule is CC1(C)CCC(C2=C(c3ccc(CC4CCN(CCCF)C4)cc3)c3ccc(C(=O)O)cc3CCC2)CC1.Cl. The minimum Gasteiger partial charge on any atom is -0.478 e. The number of fused-ring (bicyclic) bond motifs is 1. The average molecular weight is 554 g/mol. The van der Waals surface area contributed by atoms with Gasteiger partial charge in [0.25, 0.3) is 0 Å². The van der Waals surface area contributed by atoms with Crippen molar-refractivity contribution in [3.63, 3.8) is 0 Å². The van der Waals surface area contributed by atoms with Crippen molar-refractivity contribution in [2.75, 3.05) is 26.3 Å². The fourth-order valence-electron chi connectivity index (χ4n) is 7.15. The first-order valence-corrected chi connectivity index (χ1v) is 14.8. The van der Waals surface area contributed by atoms with E-state index in [1.54, 1.807) is 11.6 Å². The van der Waals surface area contributed by atoms with Crippen molar-refractivity contribution in [2.24, 2.45) is 17.3 Å². The summed E-state index contributed by atoms with van der Waals surface area (Å²) in [7, 11) is 0. The number of rotatable bonds is 8. The topological polar surface area (TPSA) is 40.5 Å². The monoisotopic (exact) mass is 553 g/mol. The largest absolute Gasteiger partial charge is 0.478 e. The maximum absolute atomic E-state index is 12.6. The Balaban J connectivity index is 0.00000353. The Morgan fingerprint density at radius 1 is 1.05 bits per heavy atom. The van der Waals surface area contributed by atoms with Gasteiger partial charge in [0.2, 0.25) is 0 Å². The fraction of sp³-hybridized carbons (Fsp3) is 0.559. The standard InChI is InChI=1S/C34H44FNO2.ClH/c1-34(2)16-13-26(14-17-34)30-6-3-5-28-22-29(33(37)38)11-12-31(28)32(30)27-9-7-24(8-10-27)21-25-15-20-36(23-25)19-4-18-35;/h7-12,22,25-26H,3-6,13-21,23H2,1-2H3,(H,37,38);1H. The number of aryl methyl sites for hydroxylation is 1. The van der Waals surface area contributed by atoms with E-state index in [0.717, 1.165) is 45.3 Å². The molecular formula is C34H45ClFNO2. The second-order valence-corrected chi connectivity index (χ2v) is 12.8. The van der Waals surface area contributed by atoms with Crippen LogP contribution < -0.4 is 0 Å². The molecule has 1 atom stereocenters. The molecule has 0 radical (unpaired) electrons. The highest BCUT2D eigenvalue weighted by molar-refractivity contribution is 5.90. The Bertz CT molecular complexity index is 1160. The fourth-order valence-corrected chi connectivity index (χ4v) is 7.15. The zero-order chi connectivity index (χ0) is 26.7. The number of allylic oxidation sites excluding steroid dienone is 1. The van der Waals surface area contributed by atoms with E-state index in [-0.39, 0.29) is 19.1 Å². The van der Waals surface area contributed by atoms with Crippen molar-refractivity contribution in [1.29, 1.82) is 0 Å². The predicted molar refractivity (Wildman–Crippen MR) is 161 cm³/mol. The van der Waals surface area contributed by atoms with E-state index in [1.165, 1.54) is 59.9 Å². The summed E-state index contributed by atoms with van der Waals surface area (Å²) < 4.78 is 12.6. The molecule has 1 saturated heterocycles. The van der Waals surface area contributed by atoms with E-state index in [9.17, 15) is 14.3 Å². The van der Waals surface area contributed by atoms with E-state index >= 15 is 0 Å². The molecule has 0 amide bonds. The molecule has 2 aromatic rings. The van der Waals surface area contributed by atoms with Gasteiger partial charge in [-0.15, -0.1) is 12.4 Å². The number of alkyl halides is 1. The molecule has 212 valence electrons. The number of benzene rings is 2. The van der Waals surface area contributed by atoms with Crippen LogP contribution in [0.25, 0.3) is 5.57 Å². The second kappa shape index (κ2) is 13.0. The molecule has 39 heavy (non-hydrogen) atoms.